The average Bonchev–Trinajstić information content (AvgIpc) is 1.95. The Morgan fingerprint density at radius 1 is 1.70 bits per heavy atom. The van der Waals surface area contributed by atoms with E-state index in [2.05, 4.69) is 15.9 Å². The van der Waals surface area contributed by atoms with Crippen LogP contribution in [0.15, 0.2) is 22.1 Å². The zero-order valence-electron chi connectivity index (χ0n) is 5.66. The molecule has 0 radical (unpaired) electrons. The van der Waals surface area contributed by atoms with Crippen LogP contribution in [0.3, 0.4) is 0 Å². The van der Waals surface area contributed by atoms with Gasteiger partial charge in [-0.1, -0.05) is 15.9 Å². The summed E-state index contributed by atoms with van der Waals surface area (Å²) in [5, 5.41) is 0. The highest BCUT2D eigenvalue weighted by molar-refractivity contribution is 9.11. The number of ether oxygens (including phenoxy) is 1. The molecule has 1 rings (SSSR count). The molecular weight excluding hydrogens is 199 g/mol. The second-order valence-corrected chi connectivity index (χ2v) is 2.99. The number of hydrogen-bond acceptors (Lipinski definition) is 1. The highest BCUT2D eigenvalue weighted by Crippen LogP contribution is 2.29. The number of halogens is 2. The Bertz CT molecular complexity index is 196. The van der Waals surface area contributed by atoms with Gasteiger partial charge in [-0.25, -0.2) is 4.39 Å². The van der Waals surface area contributed by atoms with E-state index in [4.69, 9.17) is 4.74 Å². The van der Waals surface area contributed by atoms with Crippen LogP contribution in [0, 0.1) is 0 Å². The van der Waals surface area contributed by atoms with E-state index < -0.39 is 0 Å². The SMILES string of the molecule is COC1=CCCC(Br)=C1F. The second-order valence-electron chi connectivity index (χ2n) is 2.03. The van der Waals surface area contributed by atoms with Crippen molar-refractivity contribution in [3.05, 3.63) is 22.1 Å². The van der Waals surface area contributed by atoms with Gasteiger partial charge in [0.25, 0.3) is 0 Å². The average molecular weight is 207 g/mol. The molecular formula is C7H8BrFO. The van der Waals surface area contributed by atoms with Crippen LogP contribution >= 0.6 is 15.9 Å². The van der Waals surface area contributed by atoms with E-state index in [0.717, 1.165) is 12.8 Å². The van der Waals surface area contributed by atoms with Crippen LogP contribution in [0.1, 0.15) is 12.8 Å². The third kappa shape index (κ3) is 1.40. The number of hydrogen-bond donors (Lipinski definition) is 0. The Morgan fingerprint density at radius 3 is 2.90 bits per heavy atom. The molecule has 1 nitrogen and oxygen atoms in total. The molecule has 0 aliphatic heterocycles. The molecule has 0 fully saturated rings. The van der Waals surface area contributed by atoms with Gasteiger partial charge < -0.3 is 4.74 Å². The van der Waals surface area contributed by atoms with Crippen LogP contribution in [0.5, 0.6) is 0 Å². The van der Waals surface area contributed by atoms with Crippen molar-refractivity contribution in [2.45, 2.75) is 12.8 Å². The molecule has 0 amide bonds. The highest BCUT2D eigenvalue weighted by Gasteiger charge is 2.13. The van der Waals surface area contributed by atoms with Crippen LogP contribution in [0.25, 0.3) is 0 Å². The van der Waals surface area contributed by atoms with E-state index in [0.29, 0.717) is 10.2 Å². The summed E-state index contributed by atoms with van der Waals surface area (Å²) in [6, 6.07) is 0. The van der Waals surface area contributed by atoms with Gasteiger partial charge in [-0.2, -0.15) is 0 Å². The Labute approximate surface area is 67.7 Å². The van der Waals surface area contributed by atoms with Gasteiger partial charge in [-0.15, -0.1) is 0 Å². The summed E-state index contributed by atoms with van der Waals surface area (Å²) in [5.74, 6) is 0.0758. The first-order valence-corrected chi connectivity index (χ1v) is 3.83. The Balaban J connectivity index is 2.83. The molecule has 0 spiro atoms. The van der Waals surface area contributed by atoms with Gasteiger partial charge in [-0.3, -0.25) is 0 Å². The van der Waals surface area contributed by atoms with Gasteiger partial charge in [0.05, 0.1) is 7.11 Å². The fraction of sp³-hybridized carbons (Fsp3) is 0.429. The van der Waals surface area contributed by atoms with Crippen LogP contribution in [0.4, 0.5) is 4.39 Å². The molecule has 0 bridgehead atoms. The smallest absolute Gasteiger partial charge is 0.174 e. The number of methoxy groups -OCH3 is 1. The molecule has 0 aromatic rings. The van der Waals surface area contributed by atoms with Crippen molar-refractivity contribution in [3.8, 4) is 0 Å². The van der Waals surface area contributed by atoms with E-state index in [-0.39, 0.29) is 5.83 Å². The van der Waals surface area contributed by atoms with Crippen molar-refractivity contribution >= 4 is 15.9 Å². The van der Waals surface area contributed by atoms with Gasteiger partial charge in [0.2, 0.25) is 0 Å². The van der Waals surface area contributed by atoms with Crippen molar-refractivity contribution in [1.29, 1.82) is 0 Å². The molecule has 0 N–H and O–H groups in total. The number of rotatable bonds is 1. The molecule has 0 unspecified atom stereocenters. The molecule has 0 saturated heterocycles. The lowest BCUT2D eigenvalue weighted by Gasteiger charge is -2.10. The minimum Gasteiger partial charge on any atom is -0.494 e. The molecule has 0 saturated carbocycles. The first-order valence-electron chi connectivity index (χ1n) is 3.04. The lowest BCUT2D eigenvalue weighted by atomic mass is 10.1. The third-order valence-electron chi connectivity index (χ3n) is 1.37. The van der Waals surface area contributed by atoms with Gasteiger partial charge in [-0.05, 0) is 18.9 Å². The zero-order valence-corrected chi connectivity index (χ0v) is 7.24. The quantitative estimate of drug-likeness (QED) is 0.642. The molecule has 0 aromatic carbocycles. The predicted octanol–water partition coefficient (Wildman–Crippen LogP) is 2.89. The van der Waals surface area contributed by atoms with Crippen molar-refractivity contribution in [3.63, 3.8) is 0 Å². The van der Waals surface area contributed by atoms with Crippen molar-refractivity contribution in [2.75, 3.05) is 7.11 Å². The summed E-state index contributed by atoms with van der Waals surface area (Å²) >= 11 is 3.12. The van der Waals surface area contributed by atoms with Gasteiger partial charge in [0.15, 0.2) is 11.6 Å². The summed E-state index contributed by atoms with van der Waals surface area (Å²) in [6.07, 6.45) is 3.33. The maximum absolute atomic E-state index is 12.9. The summed E-state index contributed by atoms with van der Waals surface area (Å²) in [4.78, 5) is 0. The summed E-state index contributed by atoms with van der Waals surface area (Å²) in [7, 11) is 1.47. The molecule has 56 valence electrons. The van der Waals surface area contributed by atoms with Crippen molar-refractivity contribution in [2.24, 2.45) is 0 Å². The van der Waals surface area contributed by atoms with Crippen LogP contribution in [-0.2, 0) is 4.74 Å². The van der Waals surface area contributed by atoms with Gasteiger partial charge >= 0.3 is 0 Å². The maximum atomic E-state index is 12.9. The summed E-state index contributed by atoms with van der Waals surface area (Å²) in [6.45, 7) is 0. The normalized spacial score (nSPS) is 18.9. The van der Waals surface area contributed by atoms with Crippen LogP contribution < -0.4 is 0 Å². The molecule has 1 aliphatic rings. The molecule has 0 heterocycles. The first-order chi connectivity index (χ1) is 4.75. The largest absolute Gasteiger partial charge is 0.494 e. The molecule has 1 aliphatic carbocycles. The Morgan fingerprint density at radius 2 is 2.40 bits per heavy atom. The van der Waals surface area contributed by atoms with E-state index in [1.807, 2.05) is 0 Å². The predicted molar refractivity (Wildman–Crippen MR) is 41.4 cm³/mol. The maximum Gasteiger partial charge on any atom is 0.174 e. The molecule has 3 heteroatoms. The van der Waals surface area contributed by atoms with Crippen molar-refractivity contribution in [1.82, 2.24) is 0 Å². The van der Waals surface area contributed by atoms with Gasteiger partial charge in [0, 0.05) is 4.48 Å². The second kappa shape index (κ2) is 3.19. The van der Waals surface area contributed by atoms with Gasteiger partial charge in [0.1, 0.15) is 0 Å². The van der Waals surface area contributed by atoms with Crippen molar-refractivity contribution < 1.29 is 9.13 Å². The monoisotopic (exact) mass is 206 g/mol. The Kier molecular flexibility index (Phi) is 2.49. The summed E-state index contributed by atoms with van der Waals surface area (Å²) < 4.78 is 18.3. The van der Waals surface area contributed by atoms with E-state index in [1.54, 1.807) is 6.08 Å². The number of allylic oxidation sites excluding steroid dienone is 3. The lowest BCUT2D eigenvalue weighted by Crippen LogP contribution is -1.95. The molecule has 0 aromatic heterocycles. The topological polar surface area (TPSA) is 9.23 Å². The van der Waals surface area contributed by atoms with E-state index >= 15 is 0 Å². The fourth-order valence-corrected chi connectivity index (χ4v) is 1.26. The standard InChI is InChI=1S/C7H8BrFO/c1-10-6-4-2-3-5(8)7(6)9/h4H,2-3H2,1H3. The molecule has 10 heavy (non-hydrogen) atoms. The zero-order chi connectivity index (χ0) is 7.56. The summed E-state index contributed by atoms with van der Waals surface area (Å²) in [5.41, 5.74) is 0. The first kappa shape index (κ1) is 7.79. The van der Waals surface area contributed by atoms with E-state index in [9.17, 15) is 4.39 Å². The van der Waals surface area contributed by atoms with Crippen LogP contribution in [-0.4, -0.2) is 7.11 Å². The minimum absolute atomic E-state index is 0.270. The van der Waals surface area contributed by atoms with Crippen LogP contribution in [0.2, 0.25) is 0 Å². The molecule has 0 atom stereocenters. The fourth-order valence-electron chi connectivity index (χ4n) is 0.836. The minimum atomic E-state index is -0.270. The lowest BCUT2D eigenvalue weighted by molar-refractivity contribution is 0.278. The van der Waals surface area contributed by atoms with E-state index in [1.165, 1.54) is 7.11 Å². The third-order valence-corrected chi connectivity index (χ3v) is 2.11. The highest BCUT2D eigenvalue weighted by atomic mass is 79.9. The Hall–Kier alpha value is -0.310.